The minimum atomic E-state index is -4.25. The van der Waals surface area contributed by atoms with Crippen molar-refractivity contribution in [2.24, 2.45) is 5.92 Å². The number of halogens is 3. The number of amides is 1. The molecule has 2 atom stereocenters. The zero-order valence-electron chi connectivity index (χ0n) is 14.9. The molecular weight excluding hydrogens is 385 g/mol. The zero-order chi connectivity index (χ0) is 20.1. The van der Waals surface area contributed by atoms with E-state index in [9.17, 15) is 26.4 Å². The lowest BCUT2D eigenvalue weighted by Gasteiger charge is -2.31. The molecule has 1 amide bonds. The Bertz CT molecular complexity index is 736. The number of ether oxygens (including phenoxy) is 1. The van der Waals surface area contributed by atoms with Gasteiger partial charge in [-0.3, -0.25) is 4.79 Å². The van der Waals surface area contributed by atoms with E-state index in [2.05, 4.69) is 10.0 Å². The van der Waals surface area contributed by atoms with Gasteiger partial charge in [-0.2, -0.15) is 13.2 Å². The Balaban J connectivity index is 1.97. The van der Waals surface area contributed by atoms with Gasteiger partial charge < -0.3 is 10.1 Å². The molecule has 0 spiro atoms. The van der Waals surface area contributed by atoms with Crippen molar-refractivity contribution in [3.05, 3.63) is 29.8 Å². The van der Waals surface area contributed by atoms with Gasteiger partial charge in [0.15, 0.2) is 0 Å². The Morgan fingerprint density at radius 1 is 1.22 bits per heavy atom. The maximum absolute atomic E-state index is 12.9. The van der Waals surface area contributed by atoms with Crippen molar-refractivity contribution < 1.29 is 31.1 Å². The van der Waals surface area contributed by atoms with Crippen molar-refractivity contribution in [3.63, 3.8) is 0 Å². The second-order valence-electron chi connectivity index (χ2n) is 6.49. The number of rotatable bonds is 7. The normalized spacial score (nSPS) is 21.0. The SMILES string of the molecule is COCCNS(=O)(=O)c1ccc(C(=O)NC2CCCC(C(F)(F)F)C2)cc1. The van der Waals surface area contributed by atoms with Gasteiger partial charge in [0.1, 0.15) is 0 Å². The molecule has 1 saturated carbocycles. The fourth-order valence-electron chi connectivity index (χ4n) is 3.03. The average Bonchev–Trinajstić information content (AvgIpc) is 2.61. The molecule has 1 aromatic rings. The van der Waals surface area contributed by atoms with Crippen LogP contribution < -0.4 is 10.0 Å². The van der Waals surface area contributed by atoms with Crippen molar-refractivity contribution in [2.45, 2.75) is 42.8 Å². The monoisotopic (exact) mass is 408 g/mol. The second-order valence-corrected chi connectivity index (χ2v) is 8.26. The Hall–Kier alpha value is -1.65. The van der Waals surface area contributed by atoms with Gasteiger partial charge in [-0.05, 0) is 43.5 Å². The van der Waals surface area contributed by atoms with E-state index < -0.39 is 34.1 Å². The quantitative estimate of drug-likeness (QED) is 0.679. The van der Waals surface area contributed by atoms with Crippen LogP contribution in [0.25, 0.3) is 0 Å². The second kappa shape index (κ2) is 9.03. The molecule has 0 heterocycles. The van der Waals surface area contributed by atoms with Crippen molar-refractivity contribution in [3.8, 4) is 0 Å². The molecule has 27 heavy (non-hydrogen) atoms. The first-order valence-corrected chi connectivity index (χ1v) is 10.1. The van der Waals surface area contributed by atoms with Gasteiger partial charge in [-0.25, -0.2) is 13.1 Å². The van der Waals surface area contributed by atoms with Crippen molar-refractivity contribution in [2.75, 3.05) is 20.3 Å². The lowest BCUT2D eigenvalue weighted by atomic mass is 9.85. The lowest BCUT2D eigenvalue weighted by Crippen LogP contribution is -2.41. The molecule has 2 rings (SSSR count). The summed E-state index contributed by atoms with van der Waals surface area (Å²) in [6.07, 6.45) is -3.41. The summed E-state index contributed by atoms with van der Waals surface area (Å²) in [7, 11) is -2.26. The summed E-state index contributed by atoms with van der Waals surface area (Å²) in [5.74, 6) is -1.92. The predicted octanol–water partition coefficient (Wildman–Crippen LogP) is 2.46. The smallest absolute Gasteiger partial charge is 0.383 e. The summed E-state index contributed by atoms with van der Waals surface area (Å²) >= 11 is 0. The van der Waals surface area contributed by atoms with E-state index in [0.717, 1.165) is 0 Å². The molecule has 1 aliphatic rings. The van der Waals surface area contributed by atoms with Gasteiger partial charge in [0.25, 0.3) is 5.91 Å². The fourth-order valence-corrected chi connectivity index (χ4v) is 4.05. The summed E-state index contributed by atoms with van der Waals surface area (Å²) < 4.78 is 69.8. The summed E-state index contributed by atoms with van der Waals surface area (Å²) in [5, 5.41) is 2.62. The molecule has 0 radical (unpaired) electrons. The third kappa shape index (κ3) is 6.18. The molecule has 0 bridgehead atoms. The number of carbonyl (C=O) groups is 1. The molecule has 2 N–H and O–H groups in total. The van der Waals surface area contributed by atoms with Gasteiger partial charge in [-0.15, -0.1) is 0 Å². The minimum absolute atomic E-state index is 0.00930. The number of alkyl halides is 3. The van der Waals surface area contributed by atoms with Crippen LogP contribution in [0.15, 0.2) is 29.2 Å². The van der Waals surface area contributed by atoms with E-state index in [4.69, 9.17) is 4.74 Å². The van der Waals surface area contributed by atoms with Crippen molar-refractivity contribution >= 4 is 15.9 Å². The molecule has 0 saturated heterocycles. The van der Waals surface area contributed by atoms with Crippen LogP contribution in [0.2, 0.25) is 0 Å². The Labute approximate surface area is 156 Å². The number of hydrogen-bond acceptors (Lipinski definition) is 4. The molecule has 10 heteroatoms. The van der Waals surface area contributed by atoms with Crippen LogP contribution in [0, 0.1) is 5.92 Å². The van der Waals surface area contributed by atoms with E-state index in [1.54, 1.807) is 0 Å². The average molecular weight is 408 g/mol. The van der Waals surface area contributed by atoms with Crippen LogP contribution in [0.1, 0.15) is 36.0 Å². The summed E-state index contributed by atoms with van der Waals surface area (Å²) in [6, 6.07) is 4.69. The van der Waals surface area contributed by atoms with Crippen LogP contribution in [0.3, 0.4) is 0 Å². The van der Waals surface area contributed by atoms with Gasteiger partial charge in [0.05, 0.1) is 17.4 Å². The molecule has 1 aliphatic carbocycles. The first-order valence-electron chi connectivity index (χ1n) is 8.59. The highest BCUT2D eigenvalue weighted by molar-refractivity contribution is 7.89. The zero-order valence-corrected chi connectivity index (χ0v) is 15.7. The topological polar surface area (TPSA) is 84.5 Å². The van der Waals surface area contributed by atoms with Crippen LogP contribution in [0.5, 0.6) is 0 Å². The highest BCUT2D eigenvalue weighted by Gasteiger charge is 2.42. The van der Waals surface area contributed by atoms with E-state index in [-0.39, 0.29) is 36.5 Å². The maximum Gasteiger partial charge on any atom is 0.391 e. The number of sulfonamides is 1. The number of benzene rings is 1. The number of nitrogens with one attached hydrogen (secondary N) is 2. The third-order valence-electron chi connectivity index (χ3n) is 4.50. The molecule has 0 aliphatic heterocycles. The summed E-state index contributed by atoms with van der Waals surface area (Å²) in [6.45, 7) is 0.336. The first-order chi connectivity index (χ1) is 12.6. The first kappa shape index (κ1) is 21.6. The number of hydrogen-bond donors (Lipinski definition) is 2. The third-order valence-corrected chi connectivity index (χ3v) is 5.97. The molecule has 0 aromatic heterocycles. The summed E-state index contributed by atoms with van der Waals surface area (Å²) in [5.41, 5.74) is 0.194. The highest BCUT2D eigenvalue weighted by atomic mass is 32.2. The lowest BCUT2D eigenvalue weighted by molar-refractivity contribution is -0.183. The number of carbonyl (C=O) groups excluding carboxylic acids is 1. The standard InChI is InChI=1S/C17H23F3N2O4S/c1-26-10-9-21-27(24,25)15-7-5-12(6-8-15)16(23)22-14-4-2-3-13(11-14)17(18,19)20/h5-8,13-14,21H,2-4,9-11H2,1H3,(H,22,23). The Morgan fingerprint density at radius 2 is 1.89 bits per heavy atom. The summed E-state index contributed by atoms with van der Waals surface area (Å²) in [4.78, 5) is 12.3. The molecular formula is C17H23F3N2O4S. The maximum atomic E-state index is 12.9. The highest BCUT2D eigenvalue weighted by Crippen LogP contribution is 2.37. The van der Waals surface area contributed by atoms with Crippen molar-refractivity contribution in [1.29, 1.82) is 0 Å². The fraction of sp³-hybridized carbons (Fsp3) is 0.588. The van der Waals surface area contributed by atoms with Crippen LogP contribution in [-0.2, 0) is 14.8 Å². The number of methoxy groups -OCH3 is 1. The van der Waals surface area contributed by atoms with E-state index in [0.29, 0.717) is 12.8 Å². The predicted molar refractivity (Wildman–Crippen MR) is 92.8 cm³/mol. The largest absolute Gasteiger partial charge is 0.391 e. The molecule has 2 unspecified atom stereocenters. The van der Waals surface area contributed by atoms with Gasteiger partial charge in [0, 0.05) is 25.3 Å². The molecule has 6 nitrogen and oxygen atoms in total. The van der Waals surface area contributed by atoms with Crippen molar-refractivity contribution in [1.82, 2.24) is 10.0 Å². The van der Waals surface area contributed by atoms with E-state index in [1.165, 1.54) is 31.4 Å². The Morgan fingerprint density at radius 3 is 2.48 bits per heavy atom. The Kier molecular flexibility index (Phi) is 7.24. The van der Waals surface area contributed by atoms with Gasteiger partial charge >= 0.3 is 6.18 Å². The van der Waals surface area contributed by atoms with Gasteiger partial charge in [0.2, 0.25) is 10.0 Å². The minimum Gasteiger partial charge on any atom is -0.383 e. The molecule has 1 aromatic carbocycles. The van der Waals surface area contributed by atoms with E-state index >= 15 is 0 Å². The van der Waals surface area contributed by atoms with Crippen LogP contribution in [0.4, 0.5) is 13.2 Å². The van der Waals surface area contributed by atoms with E-state index in [1.807, 2.05) is 0 Å². The molecule has 1 fully saturated rings. The van der Waals surface area contributed by atoms with Gasteiger partial charge in [-0.1, -0.05) is 6.42 Å². The van der Waals surface area contributed by atoms with Crippen LogP contribution >= 0.6 is 0 Å². The van der Waals surface area contributed by atoms with Crippen LogP contribution in [-0.4, -0.2) is 46.8 Å². The molecule has 152 valence electrons.